The van der Waals surface area contributed by atoms with Gasteiger partial charge < -0.3 is 9.88 Å². The predicted octanol–water partition coefficient (Wildman–Crippen LogP) is 4.73. The molecule has 4 aromatic rings. The average Bonchev–Trinajstić information content (AvgIpc) is 3.32. The molecule has 0 bridgehead atoms. The number of hydrogen-bond donors (Lipinski definition) is 1. The van der Waals surface area contributed by atoms with Gasteiger partial charge in [-0.15, -0.1) is 0 Å². The van der Waals surface area contributed by atoms with Gasteiger partial charge in [0.1, 0.15) is 5.82 Å². The van der Waals surface area contributed by atoms with Crippen molar-refractivity contribution < 1.29 is 17.6 Å². The van der Waals surface area contributed by atoms with E-state index in [1.165, 1.54) is 12.1 Å². The molecule has 0 aliphatic carbocycles. The third-order valence-electron chi connectivity index (χ3n) is 6.88. The van der Waals surface area contributed by atoms with Crippen LogP contribution >= 0.6 is 0 Å². The van der Waals surface area contributed by atoms with Crippen LogP contribution in [0.1, 0.15) is 39.9 Å². The number of benzene rings is 2. The Bertz CT molecular complexity index is 1630. The molecule has 2 aromatic carbocycles. The van der Waals surface area contributed by atoms with Crippen molar-refractivity contribution >= 4 is 32.2 Å². The van der Waals surface area contributed by atoms with Crippen LogP contribution in [0, 0.1) is 5.82 Å². The Morgan fingerprint density at radius 1 is 1.00 bits per heavy atom. The maximum absolute atomic E-state index is 14.4. The van der Waals surface area contributed by atoms with E-state index in [9.17, 15) is 17.6 Å². The van der Waals surface area contributed by atoms with Crippen LogP contribution in [0.25, 0.3) is 16.5 Å². The maximum Gasteiger partial charge on any atom is 0.257 e. The zero-order chi connectivity index (χ0) is 24.2. The highest BCUT2D eigenvalue weighted by atomic mass is 32.2. The average molecular weight is 488 g/mol. The largest absolute Gasteiger partial charge is 0.360 e. The van der Waals surface area contributed by atoms with E-state index >= 15 is 0 Å². The zero-order valence-electron chi connectivity index (χ0n) is 18.8. The van der Waals surface area contributed by atoms with Crippen molar-refractivity contribution in [2.45, 2.75) is 23.5 Å². The Labute approximate surface area is 202 Å². The smallest absolute Gasteiger partial charge is 0.257 e. The number of rotatable bonds is 1. The minimum Gasteiger partial charge on any atom is -0.360 e. The van der Waals surface area contributed by atoms with Crippen molar-refractivity contribution in [3.05, 3.63) is 101 Å². The fourth-order valence-electron chi connectivity index (χ4n) is 5.20. The fourth-order valence-corrected chi connectivity index (χ4v) is 6.81. The standard InChI is InChI=1S/C27H22FN3O3S/c28-20-6-5-19-16-35(33,34)24-4-2-1-3-21(24)25(22(19)13-20)17-8-11-31(12-9-17)27(32)23-15-29-14-18-7-10-30-26(18)23/h1-7,10,13-15,30H,8-9,11-12,16H2. The van der Waals surface area contributed by atoms with Gasteiger partial charge in [0.25, 0.3) is 5.91 Å². The van der Waals surface area contributed by atoms with Gasteiger partial charge in [-0.1, -0.05) is 29.8 Å². The Morgan fingerprint density at radius 3 is 2.63 bits per heavy atom. The molecule has 176 valence electrons. The van der Waals surface area contributed by atoms with Crippen LogP contribution in [-0.2, 0) is 15.6 Å². The molecular weight excluding hydrogens is 465 g/mol. The van der Waals surface area contributed by atoms with Gasteiger partial charge in [0.05, 0.1) is 21.7 Å². The number of piperidine rings is 1. The maximum atomic E-state index is 14.4. The first-order chi connectivity index (χ1) is 16.9. The Hall–Kier alpha value is -3.78. The summed E-state index contributed by atoms with van der Waals surface area (Å²) in [5.41, 5.74) is 4.91. The van der Waals surface area contributed by atoms with Gasteiger partial charge in [0.2, 0.25) is 0 Å². The third kappa shape index (κ3) is 3.65. The van der Waals surface area contributed by atoms with Gasteiger partial charge in [-0.25, -0.2) is 12.8 Å². The topological polar surface area (TPSA) is 83.1 Å². The number of hydrogen-bond acceptors (Lipinski definition) is 4. The van der Waals surface area contributed by atoms with Gasteiger partial charge in [-0.05, 0) is 53.8 Å². The Kier molecular flexibility index (Phi) is 5.07. The van der Waals surface area contributed by atoms with Crippen LogP contribution in [0.5, 0.6) is 0 Å². The lowest BCUT2D eigenvalue weighted by molar-refractivity contribution is 0.0745. The molecule has 0 radical (unpaired) electrons. The molecule has 1 fully saturated rings. The fraction of sp³-hybridized carbons (Fsp3) is 0.185. The number of halogens is 1. The molecule has 2 aromatic heterocycles. The van der Waals surface area contributed by atoms with Crippen LogP contribution in [0.4, 0.5) is 4.39 Å². The van der Waals surface area contributed by atoms with E-state index in [1.54, 1.807) is 47.8 Å². The van der Waals surface area contributed by atoms with Crippen LogP contribution in [0.2, 0.25) is 0 Å². The van der Waals surface area contributed by atoms with Crippen LogP contribution in [0.15, 0.2) is 77.6 Å². The molecule has 35 heavy (non-hydrogen) atoms. The van der Waals surface area contributed by atoms with Gasteiger partial charge >= 0.3 is 0 Å². The number of pyridine rings is 1. The lowest BCUT2D eigenvalue weighted by Crippen LogP contribution is -2.36. The van der Waals surface area contributed by atoms with Crippen molar-refractivity contribution in [3.8, 4) is 0 Å². The Balaban J connectivity index is 1.41. The second kappa shape index (κ2) is 8.16. The minimum absolute atomic E-state index is 0.0927. The summed E-state index contributed by atoms with van der Waals surface area (Å²) in [6.07, 6.45) is 6.23. The van der Waals surface area contributed by atoms with Crippen molar-refractivity contribution in [1.29, 1.82) is 0 Å². The van der Waals surface area contributed by atoms with E-state index in [2.05, 4.69) is 9.97 Å². The molecule has 0 saturated carbocycles. The van der Waals surface area contributed by atoms with Crippen LogP contribution in [0.3, 0.4) is 0 Å². The lowest BCUT2D eigenvalue weighted by atomic mass is 9.86. The van der Waals surface area contributed by atoms with Crippen molar-refractivity contribution in [2.24, 2.45) is 0 Å². The lowest BCUT2D eigenvalue weighted by Gasteiger charge is -2.30. The highest BCUT2D eigenvalue weighted by Crippen LogP contribution is 2.41. The Morgan fingerprint density at radius 2 is 1.80 bits per heavy atom. The summed E-state index contributed by atoms with van der Waals surface area (Å²) in [4.78, 5) is 22.7. The molecule has 2 aliphatic rings. The van der Waals surface area contributed by atoms with Crippen LogP contribution < -0.4 is 0 Å². The molecule has 6 rings (SSSR count). The highest BCUT2D eigenvalue weighted by molar-refractivity contribution is 7.90. The van der Waals surface area contributed by atoms with E-state index in [0.717, 1.165) is 22.0 Å². The van der Waals surface area contributed by atoms with Crippen molar-refractivity contribution in [3.63, 3.8) is 0 Å². The predicted molar refractivity (Wildman–Crippen MR) is 131 cm³/mol. The van der Waals surface area contributed by atoms with Crippen molar-refractivity contribution in [2.75, 3.05) is 13.1 Å². The molecule has 2 aliphatic heterocycles. The summed E-state index contributed by atoms with van der Waals surface area (Å²) in [6.45, 7) is 0.961. The number of amides is 1. The molecule has 1 amide bonds. The van der Waals surface area contributed by atoms with E-state index in [0.29, 0.717) is 48.2 Å². The van der Waals surface area contributed by atoms with E-state index < -0.39 is 15.7 Å². The molecule has 0 unspecified atom stereocenters. The summed E-state index contributed by atoms with van der Waals surface area (Å²) in [6, 6.07) is 13.1. The summed E-state index contributed by atoms with van der Waals surface area (Å²) < 4.78 is 40.7. The number of carbonyl (C=O) groups excluding carboxylic acids is 1. The normalized spacial score (nSPS) is 17.1. The first-order valence-electron chi connectivity index (χ1n) is 11.5. The number of aromatic nitrogens is 2. The second-order valence-electron chi connectivity index (χ2n) is 8.96. The minimum atomic E-state index is -3.58. The summed E-state index contributed by atoms with van der Waals surface area (Å²) >= 11 is 0. The van der Waals surface area contributed by atoms with E-state index in [1.807, 2.05) is 12.1 Å². The van der Waals surface area contributed by atoms with E-state index in [4.69, 9.17) is 0 Å². The first kappa shape index (κ1) is 21.7. The molecular formula is C27H22FN3O3S. The number of H-pyrrole nitrogens is 1. The number of fused-ring (bicyclic) bond motifs is 3. The van der Waals surface area contributed by atoms with E-state index in [-0.39, 0.29) is 16.6 Å². The highest BCUT2D eigenvalue weighted by Gasteiger charge is 2.31. The van der Waals surface area contributed by atoms with Gasteiger partial charge in [0.15, 0.2) is 9.84 Å². The summed E-state index contributed by atoms with van der Waals surface area (Å²) in [5, 5.41) is 0.880. The first-order valence-corrected chi connectivity index (χ1v) is 13.1. The molecule has 8 heteroatoms. The SMILES string of the molecule is O=C(c1cncc2cc[nH]c12)N1CCC(=C2c3cc(F)ccc3CS(=O)(=O)c3ccccc32)CC1. The van der Waals surface area contributed by atoms with Crippen molar-refractivity contribution in [1.82, 2.24) is 14.9 Å². The number of nitrogens with one attached hydrogen (secondary N) is 1. The molecule has 4 heterocycles. The number of nitrogens with zero attached hydrogens (tertiary/aromatic N) is 2. The summed E-state index contributed by atoms with van der Waals surface area (Å²) in [7, 11) is -3.58. The molecule has 0 atom stereocenters. The van der Waals surface area contributed by atoms with Crippen LogP contribution in [-0.4, -0.2) is 42.3 Å². The monoisotopic (exact) mass is 487 g/mol. The van der Waals surface area contributed by atoms with Gasteiger partial charge in [-0.2, -0.15) is 0 Å². The number of carbonyl (C=O) groups is 1. The second-order valence-corrected chi connectivity index (χ2v) is 10.9. The summed E-state index contributed by atoms with van der Waals surface area (Å²) in [5.74, 6) is -0.670. The van der Waals surface area contributed by atoms with Gasteiger partial charge in [-0.3, -0.25) is 9.78 Å². The molecule has 1 saturated heterocycles. The molecule has 1 N–H and O–H groups in total. The number of likely N-dealkylation sites (tertiary alicyclic amines) is 1. The molecule has 6 nitrogen and oxygen atoms in total. The number of aromatic amines is 1. The zero-order valence-corrected chi connectivity index (χ0v) is 19.6. The van der Waals surface area contributed by atoms with Gasteiger partial charge in [0, 0.05) is 42.6 Å². The number of sulfone groups is 1. The molecule has 0 spiro atoms. The third-order valence-corrected chi connectivity index (χ3v) is 8.60. The quantitative estimate of drug-likeness (QED) is 0.421.